The number of ether oxygens (including phenoxy) is 1. The molecular formula is C14H25NO3. The zero-order chi connectivity index (χ0) is 14.2. The summed E-state index contributed by atoms with van der Waals surface area (Å²) in [7, 11) is 0. The van der Waals surface area contributed by atoms with Crippen LogP contribution in [0, 0.1) is 11.3 Å². The molecule has 1 saturated carbocycles. The minimum Gasteiger partial charge on any atom is -0.444 e. The fourth-order valence-electron chi connectivity index (χ4n) is 2.17. The van der Waals surface area contributed by atoms with Gasteiger partial charge < -0.3 is 14.8 Å². The molecule has 0 aromatic rings. The Morgan fingerprint density at radius 1 is 1.22 bits per heavy atom. The van der Waals surface area contributed by atoms with Crippen molar-refractivity contribution in [1.82, 2.24) is 5.32 Å². The topological polar surface area (TPSA) is 55.4 Å². The molecule has 0 aromatic carbocycles. The highest BCUT2D eigenvalue weighted by atomic mass is 16.6. The van der Waals surface area contributed by atoms with Gasteiger partial charge in [-0.25, -0.2) is 4.79 Å². The van der Waals surface area contributed by atoms with Gasteiger partial charge in [0.1, 0.15) is 11.9 Å². The van der Waals surface area contributed by atoms with Crippen molar-refractivity contribution in [2.45, 2.75) is 65.5 Å². The number of amides is 1. The molecule has 0 bridgehead atoms. The van der Waals surface area contributed by atoms with E-state index in [1.165, 1.54) is 0 Å². The average molecular weight is 255 g/mol. The maximum absolute atomic E-state index is 11.7. The Balaban J connectivity index is 2.56. The van der Waals surface area contributed by atoms with E-state index in [2.05, 4.69) is 26.1 Å². The molecule has 0 aliphatic heterocycles. The smallest absolute Gasteiger partial charge is 0.408 e. The Bertz CT molecular complexity index is 330. The largest absolute Gasteiger partial charge is 0.444 e. The van der Waals surface area contributed by atoms with Gasteiger partial charge >= 0.3 is 6.09 Å². The van der Waals surface area contributed by atoms with Gasteiger partial charge in [-0.1, -0.05) is 20.8 Å². The summed E-state index contributed by atoms with van der Waals surface area (Å²) < 4.78 is 5.18. The van der Waals surface area contributed by atoms with Crippen LogP contribution in [0.5, 0.6) is 0 Å². The Morgan fingerprint density at radius 2 is 1.72 bits per heavy atom. The van der Waals surface area contributed by atoms with Crippen molar-refractivity contribution in [2.75, 3.05) is 0 Å². The second-order valence-corrected chi connectivity index (χ2v) is 7.37. The van der Waals surface area contributed by atoms with Gasteiger partial charge in [-0.15, -0.1) is 0 Å². The average Bonchev–Trinajstić information content (AvgIpc) is 2.05. The number of hydrogen-bond donors (Lipinski definition) is 1. The molecule has 0 spiro atoms. The summed E-state index contributed by atoms with van der Waals surface area (Å²) in [6.45, 7) is 11.9. The predicted octanol–water partition coefficient (Wildman–Crippen LogP) is 2.90. The number of rotatable bonds is 2. The summed E-state index contributed by atoms with van der Waals surface area (Å²) in [6, 6.07) is 0. The van der Waals surface area contributed by atoms with Crippen LogP contribution < -0.4 is 5.32 Å². The third-order valence-corrected chi connectivity index (χ3v) is 3.42. The first-order valence-corrected chi connectivity index (χ1v) is 6.45. The Labute approximate surface area is 109 Å². The van der Waals surface area contributed by atoms with Crippen molar-refractivity contribution in [1.29, 1.82) is 0 Å². The van der Waals surface area contributed by atoms with Crippen LogP contribution in [0.2, 0.25) is 0 Å². The maximum Gasteiger partial charge on any atom is 0.408 e. The van der Waals surface area contributed by atoms with Crippen LogP contribution in [-0.2, 0) is 9.53 Å². The van der Waals surface area contributed by atoms with Crippen LogP contribution in [0.3, 0.4) is 0 Å². The van der Waals surface area contributed by atoms with Gasteiger partial charge in [0, 0.05) is 0 Å². The second kappa shape index (κ2) is 4.56. The third-order valence-electron chi connectivity index (χ3n) is 3.42. The molecular weight excluding hydrogens is 230 g/mol. The lowest BCUT2D eigenvalue weighted by Crippen LogP contribution is -2.61. The van der Waals surface area contributed by atoms with Crippen LogP contribution >= 0.6 is 0 Å². The number of nitrogens with one attached hydrogen (secondary N) is 1. The van der Waals surface area contributed by atoms with E-state index in [-0.39, 0.29) is 5.41 Å². The number of carbonyl (C=O) groups is 2. The number of hydrogen-bond acceptors (Lipinski definition) is 3. The normalized spacial score (nSPS) is 28.2. The van der Waals surface area contributed by atoms with E-state index in [9.17, 15) is 9.59 Å². The first-order chi connectivity index (χ1) is 7.97. The standard InChI is InChI=1S/C14H25NO3/c1-12(2,3)10-7-14(8-10,9-16)15-11(17)18-13(4,5)6/h9-10H,7-8H2,1-6H3,(H,15,17). The van der Waals surface area contributed by atoms with E-state index in [0.717, 1.165) is 6.29 Å². The molecule has 0 saturated heterocycles. The van der Waals surface area contributed by atoms with Gasteiger partial charge in [0.15, 0.2) is 0 Å². The molecule has 1 aliphatic rings. The third kappa shape index (κ3) is 3.72. The summed E-state index contributed by atoms with van der Waals surface area (Å²) >= 11 is 0. The van der Waals surface area contributed by atoms with Crippen LogP contribution in [0.1, 0.15) is 54.4 Å². The lowest BCUT2D eigenvalue weighted by molar-refractivity contribution is -0.120. The number of aldehydes is 1. The van der Waals surface area contributed by atoms with E-state index in [0.29, 0.717) is 18.8 Å². The molecule has 0 atom stereocenters. The van der Waals surface area contributed by atoms with Gasteiger partial charge in [0.05, 0.1) is 5.54 Å². The first-order valence-electron chi connectivity index (χ1n) is 6.45. The molecule has 1 rings (SSSR count). The predicted molar refractivity (Wildman–Crippen MR) is 70.3 cm³/mol. The Morgan fingerprint density at radius 3 is 2.06 bits per heavy atom. The molecule has 0 aromatic heterocycles. The lowest BCUT2D eigenvalue weighted by Gasteiger charge is -2.49. The quantitative estimate of drug-likeness (QED) is 0.772. The monoisotopic (exact) mass is 255 g/mol. The van der Waals surface area contributed by atoms with Crippen LogP contribution in [0.15, 0.2) is 0 Å². The van der Waals surface area contributed by atoms with Crippen LogP contribution in [0.25, 0.3) is 0 Å². The highest BCUT2D eigenvalue weighted by Crippen LogP contribution is 2.46. The Kier molecular flexibility index (Phi) is 3.80. The minimum absolute atomic E-state index is 0.169. The first kappa shape index (κ1) is 15.0. The van der Waals surface area contributed by atoms with Gasteiger partial charge in [-0.2, -0.15) is 0 Å². The molecule has 1 aliphatic carbocycles. The number of alkyl carbamates (subject to hydrolysis) is 1. The van der Waals surface area contributed by atoms with E-state index < -0.39 is 17.2 Å². The fraction of sp³-hybridized carbons (Fsp3) is 0.857. The molecule has 0 radical (unpaired) electrons. The van der Waals surface area contributed by atoms with Crippen molar-refractivity contribution < 1.29 is 14.3 Å². The SMILES string of the molecule is CC(C)(C)OC(=O)NC1(C=O)CC(C(C)(C)C)C1. The molecule has 4 nitrogen and oxygen atoms in total. The summed E-state index contributed by atoms with van der Waals surface area (Å²) in [5.74, 6) is 0.456. The Hall–Kier alpha value is -1.06. The fourth-order valence-corrected chi connectivity index (χ4v) is 2.17. The molecule has 4 heteroatoms. The minimum atomic E-state index is -0.722. The molecule has 1 amide bonds. The number of carbonyl (C=O) groups excluding carboxylic acids is 2. The van der Waals surface area contributed by atoms with E-state index in [4.69, 9.17) is 4.74 Å². The molecule has 104 valence electrons. The van der Waals surface area contributed by atoms with Gasteiger partial charge in [-0.3, -0.25) is 0 Å². The van der Waals surface area contributed by atoms with Gasteiger partial charge in [-0.05, 0) is 44.9 Å². The van der Waals surface area contributed by atoms with E-state index >= 15 is 0 Å². The molecule has 18 heavy (non-hydrogen) atoms. The van der Waals surface area contributed by atoms with Crippen molar-refractivity contribution in [3.05, 3.63) is 0 Å². The highest BCUT2D eigenvalue weighted by molar-refractivity contribution is 5.77. The van der Waals surface area contributed by atoms with Crippen LogP contribution in [0.4, 0.5) is 4.79 Å². The molecule has 0 heterocycles. The summed E-state index contributed by atoms with van der Waals surface area (Å²) in [5, 5.41) is 2.71. The highest BCUT2D eigenvalue weighted by Gasteiger charge is 2.50. The second-order valence-electron chi connectivity index (χ2n) is 7.37. The van der Waals surface area contributed by atoms with Gasteiger partial charge in [0.2, 0.25) is 0 Å². The lowest BCUT2D eigenvalue weighted by atomic mass is 9.59. The summed E-state index contributed by atoms with van der Waals surface area (Å²) in [6.07, 6.45) is 1.72. The van der Waals surface area contributed by atoms with Crippen molar-refractivity contribution >= 4 is 12.4 Å². The van der Waals surface area contributed by atoms with Crippen LogP contribution in [-0.4, -0.2) is 23.5 Å². The molecule has 0 unspecified atom stereocenters. The maximum atomic E-state index is 11.7. The molecule has 1 N–H and O–H groups in total. The van der Waals surface area contributed by atoms with Gasteiger partial charge in [0.25, 0.3) is 0 Å². The van der Waals surface area contributed by atoms with E-state index in [1.54, 1.807) is 20.8 Å². The van der Waals surface area contributed by atoms with Crippen molar-refractivity contribution in [2.24, 2.45) is 11.3 Å². The molecule has 1 fully saturated rings. The van der Waals surface area contributed by atoms with Crippen molar-refractivity contribution in [3.63, 3.8) is 0 Å². The summed E-state index contributed by atoms with van der Waals surface area (Å²) in [5.41, 5.74) is -1.09. The zero-order valence-electron chi connectivity index (χ0n) is 12.3. The summed E-state index contributed by atoms with van der Waals surface area (Å²) in [4.78, 5) is 22.9. The zero-order valence-corrected chi connectivity index (χ0v) is 12.3. The van der Waals surface area contributed by atoms with E-state index in [1.807, 2.05) is 0 Å². The van der Waals surface area contributed by atoms with Crippen molar-refractivity contribution in [3.8, 4) is 0 Å².